The number of hydrogen-bond donors (Lipinski definition) is 1. The second-order valence-corrected chi connectivity index (χ2v) is 5.33. The maximum atomic E-state index is 13.9. The summed E-state index contributed by atoms with van der Waals surface area (Å²) in [5.41, 5.74) is 0.598. The zero-order valence-corrected chi connectivity index (χ0v) is 10.4. The summed E-state index contributed by atoms with van der Waals surface area (Å²) in [5.74, 6) is 0.485. The van der Waals surface area contributed by atoms with Gasteiger partial charge in [0.05, 0.1) is 0 Å². The Morgan fingerprint density at radius 2 is 2.19 bits per heavy atom. The van der Waals surface area contributed by atoms with Crippen molar-refractivity contribution in [3.8, 4) is 0 Å². The highest BCUT2D eigenvalue weighted by atomic mass is 35.5. The van der Waals surface area contributed by atoms with Crippen molar-refractivity contribution >= 4 is 11.6 Å². The number of likely N-dealkylation sites (N-methyl/N-ethyl adjacent to an activating group) is 1. The Kier molecular flexibility index (Phi) is 3.22. The predicted octanol–water partition coefficient (Wildman–Crippen LogP) is 3.37. The van der Waals surface area contributed by atoms with Crippen LogP contribution < -0.4 is 5.32 Å². The van der Waals surface area contributed by atoms with Gasteiger partial charge in [-0.05, 0) is 37.9 Å². The van der Waals surface area contributed by atoms with E-state index in [1.165, 1.54) is 6.07 Å². The Bertz CT molecular complexity index is 360. The van der Waals surface area contributed by atoms with Crippen LogP contribution in [0, 0.1) is 11.7 Å². The molecule has 0 aliphatic heterocycles. The Hall–Kier alpha value is -0.600. The zero-order valence-electron chi connectivity index (χ0n) is 9.69. The number of benzene rings is 1. The summed E-state index contributed by atoms with van der Waals surface area (Å²) < 4.78 is 13.9. The van der Waals surface area contributed by atoms with Crippen molar-refractivity contribution < 1.29 is 4.39 Å². The third-order valence-corrected chi connectivity index (χ3v) is 3.80. The van der Waals surface area contributed by atoms with Crippen molar-refractivity contribution in [3.05, 3.63) is 34.6 Å². The largest absolute Gasteiger partial charge is 0.319 e. The first-order valence-electron chi connectivity index (χ1n) is 5.68. The molecular formula is C13H17ClFN. The summed E-state index contributed by atoms with van der Waals surface area (Å²) in [5, 5.41) is 3.72. The third-order valence-electron chi connectivity index (χ3n) is 3.49. The molecule has 0 aromatic heterocycles. The molecule has 2 rings (SSSR count). The second kappa shape index (κ2) is 4.34. The van der Waals surface area contributed by atoms with Crippen LogP contribution in [0.2, 0.25) is 5.02 Å². The molecule has 1 saturated carbocycles. The van der Waals surface area contributed by atoms with E-state index >= 15 is 0 Å². The van der Waals surface area contributed by atoms with Crippen LogP contribution in [0.4, 0.5) is 4.39 Å². The van der Waals surface area contributed by atoms with Gasteiger partial charge in [-0.25, -0.2) is 4.39 Å². The van der Waals surface area contributed by atoms with Gasteiger partial charge in [0.1, 0.15) is 5.82 Å². The topological polar surface area (TPSA) is 12.0 Å². The summed E-state index contributed by atoms with van der Waals surface area (Å²) in [7, 11) is 1.90. The molecule has 1 aromatic rings. The first-order valence-corrected chi connectivity index (χ1v) is 6.06. The van der Waals surface area contributed by atoms with E-state index in [1.54, 1.807) is 12.1 Å². The molecule has 1 aliphatic carbocycles. The van der Waals surface area contributed by atoms with E-state index in [2.05, 4.69) is 12.2 Å². The van der Waals surface area contributed by atoms with Crippen LogP contribution >= 0.6 is 11.6 Å². The minimum absolute atomic E-state index is 0.101. The van der Waals surface area contributed by atoms with Gasteiger partial charge in [-0.15, -0.1) is 0 Å². The predicted molar refractivity (Wildman–Crippen MR) is 65.4 cm³/mol. The molecule has 1 nitrogen and oxygen atoms in total. The number of rotatable bonds is 3. The molecule has 0 unspecified atom stereocenters. The first-order chi connectivity index (χ1) is 7.59. The molecule has 0 atom stereocenters. The summed E-state index contributed by atoms with van der Waals surface area (Å²) >= 11 is 6.14. The van der Waals surface area contributed by atoms with Crippen molar-refractivity contribution in [1.29, 1.82) is 0 Å². The van der Waals surface area contributed by atoms with Gasteiger partial charge in [0.25, 0.3) is 0 Å². The zero-order chi connectivity index (χ0) is 11.8. The van der Waals surface area contributed by atoms with E-state index in [0.717, 1.165) is 19.4 Å². The first kappa shape index (κ1) is 11.9. The standard InChI is InChI=1S/C13H17ClFN/c1-9-6-13(7-9,8-16-2)12-10(14)4-3-5-11(12)15/h3-5,9,16H,6-8H2,1-2H3. The van der Waals surface area contributed by atoms with Gasteiger partial charge < -0.3 is 5.32 Å². The molecule has 0 bridgehead atoms. The molecule has 16 heavy (non-hydrogen) atoms. The van der Waals surface area contributed by atoms with E-state index in [4.69, 9.17) is 11.6 Å². The molecule has 1 aromatic carbocycles. The Labute approximate surface area is 101 Å². The van der Waals surface area contributed by atoms with E-state index in [-0.39, 0.29) is 11.2 Å². The summed E-state index contributed by atoms with van der Waals surface area (Å²) in [6, 6.07) is 4.94. The molecule has 88 valence electrons. The van der Waals surface area contributed by atoms with Gasteiger partial charge in [0.15, 0.2) is 0 Å². The van der Waals surface area contributed by atoms with Crippen molar-refractivity contribution in [2.45, 2.75) is 25.2 Å². The maximum absolute atomic E-state index is 13.9. The van der Waals surface area contributed by atoms with Gasteiger partial charge in [0, 0.05) is 22.5 Å². The maximum Gasteiger partial charge on any atom is 0.128 e. The molecule has 0 amide bonds. The Morgan fingerprint density at radius 3 is 2.69 bits per heavy atom. The van der Waals surface area contributed by atoms with Crippen LogP contribution in [-0.2, 0) is 5.41 Å². The van der Waals surface area contributed by atoms with Gasteiger partial charge >= 0.3 is 0 Å². The van der Waals surface area contributed by atoms with Crippen LogP contribution in [0.1, 0.15) is 25.3 Å². The van der Waals surface area contributed by atoms with E-state index < -0.39 is 0 Å². The third kappa shape index (κ3) is 1.85. The molecule has 1 fully saturated rings. The highest BCUT2D eigenvalue weighted by molar-refractivity contribution is 6.31. The molecule has 0 radical (unpaired) electrons. The summed E-state index contributed by atoms with van der Waals surface area (Å²) in [6.07, 6.45) is 2.02. The lowest BCUT2D eigenvalue weighted by Crippen LogP contribution is -2.47. The van der Waals surface area contributed by atoms with Gasteiger partial charge in [0.2, 0.25) is 0 Å². The Morgan fingerprint density at radius 1 is 1.50 bits per heavy atom. The van der Waals surface area contributed by atoms with Crippen LogP contribution in [0.15, 0.2) is 18.2 Å². The van der Waals surface area contributed by atoms with Crippen molar-refractivity contribution in [2.75, 3.05) is 13.6 Å². The lowest BCUT2D eigenvalue weighted by atomic mass is 9.59. The fourth-order valence-electron chi connectivity index (χ4n) is 3.05. The molecule has 0 saturated heterocycles. The smallest absolute Gasteiger partial charge is 0.128 e. The highest BCUT2D eigenvalue weighted by Crippen LogP contribution is 2.49. The second-order valence-electron chi connectivity index (χ2n) is 4.92. The number of nitrogens with one attached hydrogen (secondary N) is 1. The van der Waals surface area contributed by atoms with Crippen LogP contribution in [-0.4, -0.2) is 13.6 Å². The van der Waals surface area contributed by atoms with Crippen molar-refractivity contribution in [3.63, 3.8) is 0 Å². The molecule has 0 heterocycles. The van der Waals surface area contributed by atoms with Crippen LogP contribution in [0.25, 0.3) is 0 Å². The quantitative estimate of drug-likeness (QED) is 0.856. The molecule has 0 spiro atoms. The van der Waals surface area contributed by atoms with Gasteiger partial charge in [-0.1, -0.05) is 24.6 Å². The average Bonchev–Trinajstić information content (AvgIpc) is 2.15. The fourth-order valence-corrected chi connectivity index (χ4v) is 3.42. The molecule has 1 N–H and O–H groups in total. The minimum Gasteiger partial charge on any atom is -0.319 e. The average molecular weight is 242 g/mol. The van der Waals surface area contributed by atoms with Crippen LogP contribution in [0.5, 0.6) is 0 Å². The summed E-state index contributed by atoms with van der Waals surface area (Å²) in [4.78, 5) is 0. The van der Waals surface area contributed by atoms with E-state index in [0.29, 0.717) is 16.5 Å². The van der Waals surface area contributed by atoms with E-state index in [9.17, 15) is 4.39 Å². The van der Waals surface area contributed by atoms with Gasteiger partial charge in [-0.2, -0.15) is 0 Å². The van der Waals surface area contributed by atoms with Crippen molar-refractivity contribution in [1.82, 2.24) is 5.32 Å². The Balaban J connectivity index is 2.40. The summed E-state index contributed by atoms with van der Waals surface area (Å²) in [6.45, 7) is 2.99. The number of hydrogen-bond acceptors (Lipinski definition) is 1. The number of halogens is 2. The lowest BCUT2D eigenvalue weighted by Gasteiger charge is -2.47. The minimum atomic E-state index is -0.172. The van der Waals surface area contributed by atoms with Crippen molar-refractivity contribution in [2.24, 2.45) is 5.92 Å². The molecule has 3 heteroatoms. The molecular weight excluding hydrogens is 225 g/mol. The van der Waals surface area contributed by atoms with Crippen LogP contribution in [0.3, 0.4) is 0 Å². The van der Waals surface area contributed by atoms with E-state index in [1.807, 2.05) is 7.05 Å². The van der Waals surface area contributed by atoms with Gasteiger partial charge in [-0.3, -0.25) is 0 Å². The molecule has 1 aliphatic rings. The monoisotopic (exact) mass is 241 g/mol. The highest BCUT2D eigenvalue weighted by Gasteiger charge is 2.45. The normalized spacial score (nSPS) is 28.9. The SMILES string of the molecule is CNCC1(c2c(F)cccc2Cl)CC(C)C1. The fraction of sp³-hybridized carbons (Fsp3) is 0.538. The lowest BCUT2D eigenvalue weighted by molar-refractivity contribution is 0.151.